The highest BCUT2D eigenvalue weighted by Crippen LogP contribution is 2.36. The maximum Gasteiger partial charge on any atom is 0.495 e. The predicted octanol–water partition coefficient (Wildman–Crippen LogP) is 0.519. The van der Waals surface area contributed by atoms with Gasteiger partial charge in [-0.25, -0.2) is 0 Å². The van der Waals surface area contributed by atoms with Gasteiger partial charge in [-0.15, -0.1) is 0 Å². The average molecular weight is 252 g/mol. The molecule has 0 spiro atoms. The zero-order valence-corrected chi connectivity index (χ0v) is 11.4. The largest absolute Gasteiger partial charge is 0.495 e. The van der Waals surface area contributed by atoms with Crippen molar-refractivity contribution in [1.29, 1.82) is 0 Å². The van der Waals surface area contributed by atoms with Gasteiger partial charge in [-0.1, -0.05) is 0 Å². The molecule has 0 bridgehead atoms. The van der Waals surface area contributed by atoms with Crippen LogP contribution in [0.25, 0.3) is 0 Å². The van der Waals surface area contributed by atoms with Crippen LogP contribution in [0.3, 0.4) is 0 Å². The van der Waals surface area contributed by atoms with Gasteiger partial charge in [-0.3, -0.25) is 5.21 Å². The van der Waals surface area contributed by atoms with Gasteiger partial charge in [-0.05, 0) is 33.2 Å². The molecule has 1 aliphatic heterocycles. The number of pyridine rings is 1. The van der Waals surface area contributed by atoms with E-state index in [4.69, 9.17) is 14.0 Å². The van der Waals surface area contributed by atoms with Crippen molar-refractivity contribution in [3.8, 4) is 5.88 Å². The van der Waals surface area contributed by atoms with Gasteiger partial charge < -0.3 is 14.0 Å². The summed E-state index contributed by atoms with van der Waals surface area (Å²) in [4.78, 5) is 0. The quantitative estimate of drug-likeness (QED) is 0.473. The van der Waals surface area contributed by atoms with E-state index in [1.54, 1.807) is 12.1 Å². The predicted molar refractivity (Wildman–Crippen MR) is 66.1 cm³/mol. The summed E-state index contributed by atoms with van der Waals surface area (Å²) in [6.45, 7) is 8.00. The minimum atomic E-state index is -0.454. The van der Waals surface area contributed by atoms with Crippen LogP contribution in [-0.4, -0.2) is 30.6 Å². The Labute approximate surface area is 107 Å². The lowest BCUT2D eigenvalue weighted by atomic mass is 9.80. The standard InChI is InChI=1S/C12H19BNO4/c1-11(2)12(3,4)18-13(17-11)9-6-7-14(15)10(8-9)16-5/h6-8,15H,1-5H3/q+1. The first-order chi connectivity index (χ1) is 8.27. The molecule has 0 saturated carbocycles. The van der Waals surface area contributed by atoms with E-state index < -0.39 is 7.12 Å². The maximum absolute atomic E-state index is 9.49. The third-order valence-corrected chi connectivity index (χ3v) is 3.66. The molecule has 6 heteroatoms. The second-order valence-electron chi connectivity index (χ2n) is 5.44. The molecule has 5 nitrogen and oxygen atoms in total. The van der Waals surface area contributed by atoms with E-state index in [0.29, 0.717) is 5.88 Å². The smallest absolute Gasteiger partial charge is 0.445 e. The third-order valence-electron chi connectivity index (χ3n) is 3.66. The van der Waals surface area contributed by atoms with Gasteiger partial charge in [0.15, 0.2) is 0 Å². The SMILES string of the molecule is COc1cc(B2OC(C)(C)C(C)(C)O2)cc[n+]1O. The summed E-state index contributed by atoms with van der Waals surface area (Å²) in [7, 11) is 1.04. The van der Waals surface area contributed by atoms with Gasteiger partial charge in [-0.2, -0.15) is 0 Å². The van der Waals surface area contributed by atoms with E-state index in [1.807, 2.05) is 27.7 Å². The van der Waals surface area contributed by atoms with Crippen molar-refractivity contribution in [3.05, 3.63) is 18.3 Å². The van der Waals surface area contributed by atoms with Gasteiger partial charge in [0.05, 0.1) is 24.4 Å². The number of hydrogen-bond acceptors (Lipinski definition) is 4. The van der Waals surface area contributed by atoms with Crippen molar-refractivity contribution in [2.45, 2.75) is 38.9 Å². The minimum Gasteiger partial charge on any atom is -0.445 e. The van der Waals surface area contributed by atoms with Crippen molar-refractivity contribution in [3.63, 3.8) is 0 Å². The lowest BCUT2D eigenvalue weighted by molar-refractivity contribution is -0.906. The fourth-order valence-corrected chi connectivity index (χ4v) is 1.77. The van der Waals surface area contributed by atoms with Crippen molar-refractivity contribution >= 4 is 12.6 Å². The van der Waals surface area contributed by atoms with Crippen LogP contribution in [0.5, 0.6) is 5.88 Å². The Morgan fingerprint density at radius 2 is 1.78 bits per heavy atom. The van der Waals surface area contributed by atoms with Crippen molar-refractivity contribution in [2.75, 3.05) is 7.11 Å². The molecule has 0 unspecified atom stereocenters. The lowest BCUT2D eigenvalue weighted by Crippen LogP contribution is -2.41. The molecule has 1 saturated heterocycles. The first-order valence-corrected chi connectivity index (χ1v) is 5.91. The Hall–Kier alpha value is -1.27. The molecule has 0 amide bonds. The molecule has 2 rings (SSSR count). The van der Waals surface area contributed by atoms with Gasteiger partial charge in [0, 0.05) is 10.8 Å². The van der Waals surface area contributed by atoms with E-state index in [-0.39, 0.29) is 11.2 Å². The Morgan fingerprint density at radius 1 is 1.22 bits per heavy atom. The molecule has 2 heterocycles. The minimum absolute atomic E-state index is 0.335. The van der Waals surface area contributed by atoms with Gasteiger partial charge in [0.1, 0.15) is 0 Å². The first-order valence-electron chi connectivity index (χ1n) is 5.91. The molecule has 1 aromatic heterocycles. The number of aromatic nitrogens is 1. The highest BCUT2D eigenvalue weighted by Gasteiger charge is 2.52. The highest BCUT2D eigenvalue weighted by atomic mass is 16.7. The molecule has 0 atom stereocenters. The normalized spacial score (nSPS) is 21.1. The number of methoxy groups -OCH3 is 1. The second kappa shape index (κ2) is 4.14. The summed E-state index contributed by atoms with van der Waals surface area (Å²) >= 11 is 0. The van der Waals surface area contributed by atoms with Gasteiger partial charge in [0.2, 0.25) is 6.20 Å². The van der Waals surface area contributed by atoms with Crippen molar-refractivity contribution in [1.82, 2.24) is 0 Å². The summed E-state index contributed by atoms with van der Waals surface area (Å²) in [5, 5.41) is 9.49. The van der Waals surface area contributed by atoms with E-state index in [0.717, 1.165) is 10.2 Å². The third kappa shape index (κ3) is 2.06. The van der Waals surface area contributed by atoms with Crippen LogP contribution in [0.15, 0.2) is 18.3 Å². The molecule has 1 aromatic rings. The lowest BCUT2D eigenvalue weighted by Gasteiger charge is -2.32. The highest BCUT2D eigenvalue weighted by molar-refractivity contribution is 6.62. The second-order valence-corrected chi connectivity index (χ2v) is 5.44. The van der Waals surface area contributed by atoms with Crippen LogP contribution in [0.4, 0.5) is 0 Å². The van der Waals surface area contributed by atoms with E-state index in [9.17, 15) is 5.21 Å². The summed E-state index contributed by atoms with van der Waals surface area (Å²) < 4.78 is 17.8. The Bertz CT molecular complexity index is 445. The van der Waals surface area contributed by atoms with Gasteiger partial charge >= 0.3 is 13.0 Å². The van der Waals surface area contributed by atoms with Crippen LogP contribution in [-0.2, 0) is 9.31 Å². The summed E-state index contributed by atoms with van der Waals surface area (Å²) in [5.41, 5.74) is 0.0575. The van der Waals surface area contributed by atoms with Crippen molar-refractivity contribution < 1.29 is 24.0 Å². The average Bonchev–Trinajstić information content (AvgIpc) is 2.49. The number of hydrogen-bond donors (Lipinski definition) is 1. The van der Waals surface area contributed by atoms with E-state index in [2.05, 4.69) is 0 Å². The maximum atomic E-state index is 9.49. The number of rotatable bonds is 2. The van der Waals surface area contributed by atoms with Crippen molar-refractivity contribution in [2.24, 2.45) is 0 Å². The van der Waals surface area contributed by atoms with Crippen LogP contribution < -0.4 is 14.9 Å². The molecule has 1 N–H and O–H groups in total. The monoisotopic (exact) mass is 252 g/mol. The van der Waals surface area contributed by atoms with Crippen LogP contribution >= 0.6 is 0 Å². The summed E-state index contributed by atoms with van der Waals surface area (Å²) in [6.07, 6.45) is 1.50. The Kier molecular flexibility index (Phi) is 3.03. The summed E-state index contributed by atoms with van der Waals surface area (Å²) in [5.74, 6) is 0.335. The molecular weight excluding hydrogens is 233 g/mol. The molecule has 18 heavy (non-hydrogen) atoms. The van der Waals surface area contributed by atoms with Crippen LogP contribution in [0, 0.1) is 0 Å². The zero-order chi connectivity index (χ0) is 13.6. The molecule has 0 aliphatic carbocycles. The first kappa shape index (κ1) is 13.2. The fourth-order valence-electron chi connectivity index (χ4n) is 1.77. The van der Waals surface area contributed by atoms with E-state index in [1.165, 1.54) is 13.3 Å². The van der Waals surface area contributed by atoms with E-state index >= 15 is 0 Å². The molecule has 1 fully saturated rings. The number of nitrogens with zero attached hydrogens (tertiary/aromatic N) is 1. The molecule has 0 radical (unpaired) electrons. The fraction of sp³-hybridized carbons (Fsp3) is 0.583. The molecule has 0 aromatic carbocycles. The van der Waals surface area contributed by atoms with Crippen LogP contribution in [0.1, 0.15) is 27.7 Å². The van der Waals surface area contributed by atoms with Crippen LogP contribution in [0.2, 0.25) is 0 Å². The van der Waals surface area contributed by atoms with Gasteiger partial charge in [0.25, 0.3) is 0 Å². The summed E-state index contributed by atoms with van der Waals surface area (Å²) in [6, 6.07) is 3.44. The zero-order valence-electron chi connectivity index (χ0n) is 11.4. The molecule has 98 valence electrons. The Balaban J connectivity index is 2.30. The topological polar surface area (TPSA) is 51.8 Å². The Morgan fingerprint density at radius 3 is 2.28 bits per heavy atom. The number of ether oxygens (including phenoxy) is 1. The molecule has 1 aliphatic rings. The molecular formula is C12H19BNO4+.